The molecule has 0 radical (unpaired) electrons. The van der Waals surface area contributed by atoms with Gasteiger partial charge in [-0.25, -0.2) is 14.5 Å². The lowest BCUT2D eigenvalue weighted by Gasteiger charge is -1.97. The maximum absolute atomic E-state index is 10.9. The van der Waals surface area contributed by atoms with Gasteiger partial charge in [-0.3, -0.25) is 4.79 Å². The standard InChI is InChI=1S/C11H7N5O4S2/c17-8(18)4-16-10(13-14-15-16)22-11-12-6-2-1-5(9(19)20)3-7(6)21-11/h1-3H,4H2,(H,17,18)(H,19,20). The van der Waals surface area contributed by atoms with Crippen molar-refractivity contribution in [2.24, 2.45) is 0 Å². The highest BCUT2D eigenvalue weighted by Crippen LogP contribution is 2.33. The summed E-state index contributed by atoms with van der Waals surface area (Å²) < 4.78 is 2.47. The molecule has 0 saturated heterocycles. The number of tetrazole rings is 1. The summed E-state index contributed by atoms with van der Waals surface area (Å²) in [4.78, 5) is 26.0. The fraction of sp³-hybridized carbons (Fsp3) is 0.0909. The zero-order valence-electron chi connectivity index (χ0n) is 10.7. The van der Waals surface area contributed by atoms with E-state index in [4.69, 9.17) is 10.2 Å². The summed E-state index contributed by atoms with van der Waals surface area (Å²) >= 11 is 2.41. The number of carbonyl (C=O) groups is 2. The van der Waals surface area contributed by atoms with Crippen LogP contribution in [0.4, 0.5) is 0 Å². The molecule has 0 unspecified atom stereocenters. The molecule has 3 rings (SSSR count). The molecule has 112 valence electrons. The largest absolute Gasteiger partial charge is 0.480 e. The van der Waals surface area contributed by atoms with Crippen molar-refractivity contribution in [3.8, 4) is 0 Å². The Labute approximate surface area is 130 Å². The number of hydrogen-bond donors (Lipinski definition) is 2. The third-order valence-corrected chi connectivity index (χ3v) is 4.63. The van der Waals surface area contributed by atoms with Crippen molar-refractivity contribution in [1.29, 1.82) is 0 Å². The number of hydrogen-bond acceptors (Lipinski definition) is 8. The fourth-order valence-electron chi connectivity index (χ4n) is 1.66. The minimum atomic E-state index is -1.05. The lowest BCUT2D eigenvalue weighted by molar-refractivity contribution is -0.138. The number of benzene rings is 1. The number of fused-ring (bicyclic) bond motifs is 1. The van der Waals surface area contributed by atoms with Crippen LogP contribution in [0.5, 0.6) is 0 Å². The maximum atomic E-state index is 10.9. The van der Waals surface area contributed by atoms with Crippen molar-refractivity contribution in [3.05, 3.63) is 23.8 Å². The summed E-state index contributed by atoms with van der Waals surface area (Å²) in [7, 11) is 0. The van der Waals surface area contributed by atoms with Crippen LogP contribution < -0.4 is 0 Å². The number of rotatable bonds is 5. The van der Waals surface area contributed by atoms with Crippen LogP contribution in [-0.2, 0) is 11.3 Å². The first-order chi connectivity index (χ1) is 10.5. The second-order valence-corrected chi connectivity index (χ2v) is 6.33. The van der Waals surface area contributed by atoms with Gasteiger partial charge < -0.3 is 10.2 Å². The number of aromatic carboxylic acids is 1. The summed E-state index contributed by atoms with van der Waals surface area (Å²) in [5.41, 5.74) is 0.846. The number of nitrogens with zero attached hydrogens (tertiary/aromatic N) is 5. The predicted octanol–water partition coefficient (Wildman–Crippen LogP) is 1.22. The third-order valence-electron chi connectivity index (χ3n) is 2.58. The topological polar surface area (TPSA) is 131 Å². The quantitative estimate of drug-likeness (QED) is 0.705. The molecule has 0 spiro atoms. The Morgan fingerprint density at radius 1 is 1.32 bits per heavy atom. The van der Waals surface area contributed by atoms with Crippen LogP contribution in [0.2, 0.25) is 0 Å². The highest BCUT2D eigenvalue weighted by molar-refractivity contribution is 8.01. The Bertz CT molecular complexity index is 874. The van der Waals surface area contributed by atoms with E-state index in [0.29, 0.717) is 15.0 Å². The molecule has 11 heteroatoms. The van der Waals surface area contributed by atoms with Gasteiger partial charge in [0.25, 0.3) is 0 Å². The van der Waals surface area contributed by atoms with E-state index in [9.17, 15) is 9.59 Å². The molecule has 0 bridgehead atoms. The SMILES string of the molecule is O=C(O)Cn1nnnc1Sc1nc2ccc(C(=O)O)cc2s1. The first-order valence-electron chi connectivity index (χ1n) is 5.82. The van der Waals surface area contributed by atoms with Gasteiger partial charge in [0.05, 0.1) is 15.8 Å². The smallest absolute Gasteiger partial charge is 0.335 e. The van der Waals surface area contributed by atoms with Gasteiger partial charge in [0.1, 0.15) is 6.54 Å². The van der Waals surface area contributed by atoms with Crippen molar-refractivity contribution in [1.82, 2.24) is 25.2 Å². The average Bonchev–Trinajstić information content (AvgIpc) is 3.04. The van der Waals surface area contributed by atoms with Crippen molar-refractivity contribution in [2.75, 3.05) is 0 Å². The van der Waals surface area contributed by atoms with E-state index in [0.717, 1.165) is 21.1 Å². The summed E-state index contributed by atoms with van der Waals surface area (Å²) in [6.45, 7) is -0.344. The molecular weight excluding hydrogens is 330 g/mol. The van der Waals surface area contributed by atoms with Gasteiger partial charge in [0, 0.05) is 0 Å². The minimum absolute atomic E-state index is 0.184. The molecule has 2 aromatic heterocycles. The lowest BCUT2D eigenvalue weighted by atomic mass is 10.2. The molecule has 2 N–H and O–H groups in total. The van der Waals surface area contributed by atoms with Crippen LogP contribution in [0.3, 0.4) is 0 Å². The summed E-state index contributed by atoms with van der Waals surface area (Å²) in [5, 5.41) is 28.8. The predicted molar refractivity (Wildman–Crippen MR) is 76.2 cm³/mol. The Balaban J connectivity index is 1.90. The highest BCUT2D eigenvalue weighted by atomic mass is 32.2. The molecule has 2 heterocycles. The van der Waals surface area contributed by atoms with Crippen molar-refractivity contribution < 1.29 is 19.8 Å². The van der Waals surface area contributed by atoms with Crippen LogP contribution in [0.1, 0.15) is 10.4 Å². The van der Waals surface area contributed by atoms with Crippen LogP contribution in [0.15, 0.2) is 27.7 Å². The zero-order valence-corrected chi connectivity index (χ0v) is 12.3. The van der Waals surface area contributed by atoms with Crippen molar-refractivity contribution in [3.63, 3.8) is 0 Å². The molecule has 1 aromatic carbocycles. The first kappa shape index (κ1) is 14.4. The second-order valence-electron chi connectivity index (χ2n) is 4.08. The Hall–Kier alpha value is -2.53. The van der Waals surface area contributed by atoms with Gasteiger partial charge in [-0.2, -0.15) is 0 Å². The van der Waals surface area contributed by atoms with Gasteiger partial charge in [-0.1, -0.05) is 0 Å². The van der Waals surface area contributed by atoms with Crippen LogP contribution >= 0.6 is 23.1 Å². The molecule has 22 heavy (non-hydrogen) atoms. The Kier molecular flexibility index (Phi) is 3.73. The maximum Gasteiger partial charge on any atom is 0.335 e. The van der Waals surface area contributed by atoms with E-state index in [1.54, 1.807) is 12.1 Å². The number of aromatic nitrogens is 5. The normalized spacial score (nSPS) is 10.9. The molecule has 3 aromatic rings. The van der Waals surface area contributed by atoms with Gasteiger partial charge in [0.15, 0.2) is 4.34 Å². The van der Waals surface area contributed by atoms with Gasteiger partial charge in [-0.05, 0) is 40.4 Å². The number of thiazole rings is 1. The van der Waals surface area contributed by atoms with Gasteiger partial charge in [-0.15, -0.1) is 16.4 Å². The molecule has 9 nitrogen and oxygen atoms in total. The Morgan fingerprint density at radius 2 is 2.14 bits per heavy atom. The molecule has 0 amide bonds. The molecule has 0 saturated carbocycles. The van der Waals surface area contributed by atoms with Crippen LogP contribution in [0.25, 0.3) is 10.2 Å². The first-order valence-corrected chi connectivity index (χ1v) is 7.46. The number of carboxylic acid groups (broad SMARTS) is 2. The molecule has 0 aliphatic rings. The summed E-state index contributed by atoms with van der Waals surface area (Å²) in [5.74, 6) is -2.06. The Morgan fingerprint density at radius 3 is 2.86 bits per heavy atom. The van der Waals surface area contributed by atoms with E-state index in [1.807, 2.05) is 0 Å². The number of aliphatic carboxylic acids is 1. The fourth-order valence-corrected chi connectivity index (χ4v) is 3.63. The van der Waals surface area contributed by atoms with E-state index in [1.165, 1.54) is 17.4 Å². The van der Waals surface area contributed by atoms with Gasteiger partial charge in [0.2, 0.25) is 5.16 Å². The van der Waals surface area contributed by atoms with E-state index >= 15 is 0 Å². The second kappa shape index (κ2) is 5.69. The van der Waals surface area contributed by atoms with E-state index in [-0.39, 0.29) is 12.1 Å². The molecule has 0 aliphatic heterocycles. The number of carboxylic acids is 2. The lowest BCUT2D eigenvalue weighted by Crippen LogP contribution is -2.11. The molecule has 0 aliphatic carbocycles. The molecule has 0 atom stereocenters. The molecular formula is C11H7N5O4S2. The average molecular weight is 337 g/mol. The summed E-state index contributed by atoms with van der Waals surface area (Å²) in [6, 6.07) is 4.65. The summed E-state index contributed by atoms with van der Waals surface area (Å²) in [6.07, 6.45) is 0. The minimum Gasteiger partial charge on any atom is -0.480 e. The highest BCUT2D eigenvalue weighted by Gasteiger charge is 2.14. The van der Waals surface area contributed by atoms with Crippen molar-refractivity contribution in [2.45, 2.75) is 16.0 Å². The zero-order chi connectivity index (χ0) is 15.7. The van der Waals surface area contributed by atoms with Crippen molar-refractivity contribution >= 4 is 45.3 Å². The van der Waals surface area contributed by atoms with E-state index < -0.39 is 11.9 Å². The third kappa shape index (κ3) is 2.89. The van der Waals surface area contributed by atoms with Crippen LogP contribution in [-0.4, -0.2) is 47.3 Å². The monoisotopic (exact) mass is 337 g/mol. The van der Waals surface area contributed by atoms with Crippen LogP contribution in [0, 0.1) is 0 Å². The van der Waals surface area contributed by atoms with Gasteiger partial charge >= 0.3 is 11.9 Å². The van der Waals surface area contributed by atoms with E-state index in [2.05, 4.69) is 20.5 Å². The molecule has 0 fully saturated rings.